The molecule has 0 aliphatic carbocycles. The minimum atomic E-state index is -0.665. The van der Waals surface area contributed by atoms with Gasteiger partial charge in [0.25, 0.3) is 11.8 Å². The van der Waals surface area contributed by atoms with E-state index >= 15 is 0 Å². The Balaban J connectivity index is 1.10. The van der Waals surface area contributed by atoms with Crippen LogP contribution in [0.2, 0.25) is 0 Å². The first-order valence-corrected chi connectivity index (χ1v) is 20.9. The lowest BCUT2D eigenvalue weighted by atomic mass is 10.0. The third-order valence-corrected chi connectivity index (χ3v) is 12.2. The lowest BCUT2D eigenvalue weighted by molar-refractivity contribution is -0.116. The fourth-order valence-electron chi connectivity index (χ4n) is 6.79. The van der Waals surface area contributed by atoms with E-state index in [-0.39, 0.29) is 11.6 Å². The third-order valence-electron chi connectivity index (χ3n) is 9.86. The summed E-state index contributed by atoms with van der Waals surface area (Å²) >= 11 is 2.83. The molecular formula is C48H43N5O3S2. The van der Waals surface area contributed by atoms with E-state index in [4.69, 9.17) is 0 Å². The summed E-state index contributed by atoms with van der Waals surface area (Å²) < 4.78 is 0. The average Bonchev–Trinajstić information content (AvgIpc) is 3.59. The number of thiophene rings is 1. The van der Waals surface area contributed by atoms with Crippen molar-refractivity contribution in [3.05, 3.63) is 189 Å². The SMILES string of the molecule is CC(C)c1ccc(/C=C(/NC(=O)c2ccccc2)C(=O)Nc2cccc(SC(C(=O)Nc3sc4c(c3C#N)CCN(Cc3ccccc3)C4)c3ccccc3)c2)cc1. The van der Waals surface area contributed by atoms with E-state index in [2.05, 4.69) is 52.9 Å². The summed E-state index contributed by atoms with van der Waals surface area (Å²) in [5.41, 5.74) is 6.52. The molecule has 1 aliphatic heterocycles. The summed E-state index contributed by atoms with van der Waals surface area (Å²) in [5.74, 6) is -0.800. The molecule has 1 aliphatic rings. The lowest BCUT2D eigenvalue weighted by Crippen LogP contribution is -2.30. The number of rotatable bonds is 13. The van der Waals surface area contributed by atoms with E-state index in [1.807, 2.05) is 97.1 Å². The molecule has 8 nitrogen and oxygen atoms in total. The Bertz CT molecular complexity index is 2460. The highest BCUT2D eigenvalue weighted by molar-refractivity contribution is 8.00. The molecule has 0 spiro atoms. The number of thioether (sulfide) groups is 1. The van der Waals surface area contributed by atoms with Crippen LogP contribution in [0.15, 0.2) is 150 Å². The minimum Gasteiger partial charge on any atom is -0.321 e. The molecule has 1 unspecified atom stereocenters. The molecule has 0 bridgehead atoms. The van der Waals surface area contributed by atoms with Gasteiger partial charge in [-0.1, -0.05) is 123 Å². The van der Waals surface area contributed by atoms with Gasteiger partial charge in [0.1, 0.15) is 22.0 Å². The number of hydrogen-bond acceptors (Lipinski definition) is 7. The minimum absolute atomic E-state index is 0.0841. The van der Waals surface area contributed by atoms with Crippen LogP contribution >= 0.6 is 23.1 Å². The van der Waals surface area contributed by atoms with Crippen molar-refractivity contribution in [3.8, 4) is 6.07 Å². The summed E-state index contributed by atoms with van der Waals surface area (Å²) in [4.78, 5) is 45.6. The number of carbonyl (C=O) groups excluding carboxylic acids is 3. The van der Waals surface area contributed by atoms with Crippen LogP contribution in [0.3, 0.4) is 0 Å². The van der Waals surface area contributed by atoms with Gasteiger partial charge in [0, 0.05) is 40.7 Å². The normalized spacial score (nSPS) is 13.2. The Hall–Kier alpha value is -6.25. The highest BCUT2D eigenvalue weighted by atomic mass is 32.2. The predicted octanol–water partition coefficient (Wildman–Crippen LogP) is 10.2. The molecule has 1 aromatic heterocycles. The van der Waals surface area contributed by atoms with Gasteiger partial charge in [0.15, 0.2) is 0 Å². The van der Waals surface area contributed by atoms with Crippen molar-refractivity contribution in [3.63, 3.8) is 0 Å². The molecule has 10 heteroatoms. The second-order valence-electron chi connectivity index (χ2n) is 14.3. The molecule has 290 valence electrons. The molecule has 5 aromatic carbocycles. The number of benzene rings is 5. The number of anilines is 2. The fourth-order valence-corrected chi connectivity index (χ4v) is 9.11. The molecule has 58 heavy (non-hydrogen) atoms. The van der Waals surface area contributed by atoms with Gasteiger partial charge in [-0.2, -0.15) is 5.26 Å². The number of fused-ring (bicyclic) bond motifs is 1. The maximum Gasteiger partial charge on any atom is 0.272 e. The number of nitrogens with one attached hydrogen (secondary N) is 3. The van der Waals surface area contributed by atoms with E-state index in [0.29, 0.717) is 34.3 Å². The summed E-state index contributed by atoms with van der Waals surface area (Å²) in [7, 11) is 0. The van der Waals surface area contributed by atoms with Crippen molar-refractivity contribution in [1.29, 1.82) is 5.26 Å². The largest absolute Gasteiger partial charge is 0.321 e. The first-order valence-electron chi connectivity index (χ1n) is 19.2. The Kier molecular flexibility index (Phi) is 13.0. The van der Waals surface area contributed by atoms with Crippen molar-refractivity contribution in [2.24, 2.45) is 0 Å². The van der Waals surface area contributed by atoms with Gasteiger partial charge in [-0.3, -0.25) is 19.3 Å². The van der Waals surface area contributed by atoms with E-state index < -0.39 is 17.1 Å². The Labute approximate surface area is 347 Å². The van der Waals surface area contributed by atoms with E-state index in [1.165, 1.54) is 34.2 Å². The zero-order valence-electron chi connectivity index (χ0n) is 32.3. The number of carbonyl (C=O) groups is 3. The van der Waals surface area contributed by atoms with Gasteiger partial charge in [-0.05, 0) is 76.6 Å². The average molecular weight is 802 g/mol. The quantitative estimate of drug-likeness (QED) is 0.0792. The van der Waals surface area contributed by atoms with Gasteiger partial charge in [0.2, 0.25) is 5.91 Å². The predicted molar refractivity (Wildman–Crippen MR) is 234 cm³/mol. The molecule has 3 amide bonds. The van der Waals surface area contributed by atoms with Gasteiger partial charge in [-0.25, -0.2) is 0 Å². The van der Waals surface area contributed by atoms with Crippen LogP contribution in [0.1, 0.15) is 73.6 Å². The highest BCUT2D eigenvalue weighted by Gasteiger charge is 2.28. The van der Waals surface area contributed by atoms with Crippen LogP contribution in [-0.4, -0.2) is 29.2 Å². The van der Waals surface area contributed by atoms with Crippen molar-refractivity contribution < 1.29 is 14.4 Å². The second-order valence-corrected chi connectivity index (χ2v) is 16.6. The monoisotopic (exact) mass is 801 g/mol. The molecule has 0 saturated heterocycles. The Morgan fingerprint density at radius 3 is 2.21 bits per heavy atom. The fraction of sp³-hybridized carbons (Fsp3) is 0.167. The van der Waals surface area contributed by atoms with Crippen LogP contribution in [-0.2, 0) is 29.1 Å². The molecule has 0 saturated carbocycles. The summed E-state index contributed by atoms with van der Waals surface area (Å²) in [6.45, 7) is 6.60. The molecule has 2 heterocycles. The van der Waals surface area contributed by atoms with Crippen LogP contribution < -0.4 is 16.0 Å². The highest BCUT2D eigenvalue weighted by Crippen LogP contribution is 2.41. The molecule has 0 fully saturated rings. The van der Waals surface area contributed by atoms with Crippen molar-refractivity contribution >= 4 is 57.6 Å². The lowest BCUT2D eigenvalue weighted by Gasteiger charge is -2.26. The van der Waals surface area contributed by atoms with Gasteiger partial charge >= 0.3 is 0 Å². The second kappa shape index (κ2) is 18.8. The number of nitrogens with zero attached hydrogens (tertiary/aromatic N) is 2. The summed E-state index contributed by atoms with van der Waals surface area (Å²) in [6.07, 6.45) is 2.40. The summed E-state index contributed by atoms with van der Waals surface area (Å²) in [5, 5.41) is 19.1. The van der Waals surface area contributed by atoms with Crippen LogP contribution in [0, 0.1) is 11.3 Å². The van der Waals surface area contributed by atoms with Gasteiger partial charge < -0.3 is 16.0 Å². The summed E-state index contributed by atoms with van der Waals surface area (Å²) in [6, 6.07) is 46.2. The van der Waals surface area contributed by atoms with Crippen molar-refractivity contribution in [2.75, 3.05) is 17.2 Å². The zero-order chi connectivity index (χ0) is 40.4. The Morgan fingerprint density at radius 2 is 1.52 bits per heavy atom. The first-order chi connectivity index (χ1) is 28.2. The molecular weight excluding hydrogens is 759 g/mol. The maximum absolute atomic E-state index is 14.2. The van der Waals surface area contributed by atoms with Gasteiger partial charge in [0.05, 0.1) is 5.56 Å². The third kappa shape index (κ3) is 10.00. The smallest absolute Gasteiger partial charge is 0.272 e. The van der Waals surface area contributed by atoms with E-state index in [9.17, 15) is 19.6 Å². The van der Waals surface area contributed by atoms with Crippen molar-refractivity contribution in [2.45, 2.75) is 49.4 Å². The van der Waals surface area contributed by atoms with Gasteiger partial charge in [-0.15, -0.1) is 23.1 Å². The number of nitriles is 1. The zero-order valence-corrected chi connectivity index (χ0v) is 33.9. The molecule has 3 N–H and O–H groups in total. The van der Waals surface area contributed by atoms with Crippen LogP contribution in [0.5, 0.6) is 0 Å². The number of amides is 3. The Morgan fingerprint density at radius 1 is 0.828 bits per heavy atom. The maximum atomic E-state index is 14.2. The van der Waals surface area contributed by atoms with E-state index in [1.54, 1.807) is 36.4 Å². The molecule has 6 aromatic rings. The molecule has 7 rings (SSSR count). The topological polar surface area (TPSA) is 114 Å². The van der Waals surface area contributed by atoms with Crippen molar-refractivity contribution in [1.82, 2.24) is 10.2 Å². The van der Waals surface area contributed by atoms with E-state index in [0.717, 1.165) is 46.0 Å². The van der Waals surface area contributed by atoms with Crippen LogP contribution in [0.4, 0.5) is 10.7 Å². The standard InChI is InChI=1S/C48H43N5O3S2/c1-32(2)35-23-21-33(22-24-35)27-42(51-45(54)37-17-10-5-11-18-37)46(55)50-38-19-12-20-39(28-38)57-44(36-15-8-4-9-16-36)47(56)52-48-41(29-49)40-25-26-53(31-43(40)58-48)30-34-13-6-3-7-14-34/h3-24,27-28,32,44H,25-26,30-31H2,1-2H3,(H,50,55)(H,51,54)(H,52,56)/b42-27+. The number of hydrogen-bond donors (Lipinski definition) is 3. The molecule has 0 radical (unpaired) electrons. The first kappa shape index (κ1) is 40.0. The molecule has 1 atom stereocenters. The van der Waals surface area contributed by atoms with Crippen LogP contribution in [0.25, 0.3) is 6.08 Å².